The second-order valence-corrected chi connectivity index (χ2v) is 7.28. The van der Waals surface area contributed by atoms with Gasteiger partial charge in [-0.3, -0.25) is 4.90 Å². The minimum absolute atomic E-state index is 0.280. The van der Waals surface area contributed by atoms with E-state index in [4.69, 9.17) is 0 Å². The van der Waals surface area contributed by atoms with Gasteiger partial charge in [0.15, 0.2) is 0 Å². The van der Waals surface area contributed by atoms with Crippen LogP contribution in [0.15, 0.2) is 24.3 Å². The van der Waals surface area contributed by atoms with Crippen molar-refractivity contribution in [1.82, 2.24) is 4.90 Å². The van der Waals surface area contributed by atoms with E-state index in [9.17, 15) is 0 Å². The number of piperidine rings is 1. The topological polar surface area (TPSA) is 3.24 Å². The predicted molar refractivity (Wildman–Crippen MR) is 81.5 cm³/mol. The first kappa shape index (κ1) is 13.2. The van der Waals surface area contributed by atoms with Gasteiger partial charge in [0, 0.05) is 11.6 Å². The van der Waals surface area contributed by atoms with Crippen LogP contribution in [0, 0.1) is 0 Å². The van der Waals surface area contributed by atoms with Crippen molar-refractivity contribution in [3.63, 3.8) is 0 Å². The van der Waals surface area contributed by atoms with Crippen molar-refractivity contribution in [2.45, 2.75) is 70.4 Å². The fraction of sp³-hybridized carbons (Fsp3) is 0.667. The maximum absolute atomic E-state index is 2.73. The zero-order chi connectivity index (χ0) is 13.5. The second-order valence-electron chi connectivity index (χ2n) is 7.28. The van der Waals surface area contributed by atoms with E-state index in [1.165, 1.54) is 38.6 Å². The highest BCUT2D eigenvalue weighted by Gasteiger charge is 2.35. The van der Waals surface area contributed by atoms with Crippen molar-refractivity contribution in [1.29, 1.82) is 0 Å². The minimum atomic E-state index is 0.280. The summed E-state index contributed by atoms with van der Waals surface area (Å²) in [6.45, 7) is 8.36. The van der Waals surface area contributed by atoms with Crippen molar-refractivity contribution in [3.05, 3.63) is 35.4 Å². The Bertz CT molecular complexity index is 439. The third-order valence-electron chi connectivity index (χ3n) is 4.74. The van der Waals surface area contributed by atoms with Crippen molar-refractivity contribution in [2.75, 3.05) is 6.54 Å². The number of hydrogen-bond donors (Lipinski definition) is 0. The van der Waals surface area contributed by atoms with E-state index >= 15 is 0 Å². The molecule has 0 bridgehead atoms. The summed E-state index contributed by atoms with van der Waals surface area (Å²) in [6.07, 6.45) is 6.88. The minimum Gasteiger partial charge on any atom is -0.291 e. The average Bonchev–Trinajstić information content (AvgIpc) is 3.22. The van der Waals surface area contributed by atoms with Gasteiger partial charge in [-0.25, -0.2) is 0 Å². The molecule has 1 heterocycles. The molecule has 1 heteroatoms. The summed E-state index contributed by atoms with van der Waals surface area (Å²) >= 11 is 0. The molecule has 19 heavy (non-hydrogen) atoms. The van der Waals surface area contributed by atoms with Gasteiger partial charge >= 0.3 is 0 Å². The molecule has 1 aromatic carbocycles. The van der Waals surface area contributed by atoms with Gasteiger partial charge in [0.05, 0.1) is 0 Å². The smallest absolute Gasteiger partial charge is 0.0356 e. The van der Waals surface area contributed by atoms with Crippen LogP contribution in [-0.4, -0.2) is 17.0 Å². The van der Waals surface area contributed by atoms with Crippen LogP contribution < -0.4 is 0 Å². The Kier molecular flexibility index (Phi) is 3.42. The molecule has 1 aromatic rings. The molecule has 1 unspecified atom stereocenters. The monoisotopic (exact) mass is 257 g/mol. The molecule has 1 aliphatic carbocycles. The van der Waals surface area contributed by atoms with Crippen molar-refractivity contribution in [3.8, 4) is 0 Å². The summed E-state index contributed by atoms with van der Waals surface area (Å²) in [5.41, 5.74) is 3.55. The van der Waals surface area contributed by atoms with Gasteiger partial charge in [-0.05, 0) is 70.0 Å². The van der Waals surface area contributed by atoms with Gasteiger partial charge < -0.3 is 0 Å². The summed E-state index contributed by atoms with van der Waals surface area (Å²) in [5.74, 6) is 0.861. The lowest BCUT2D eigenvalue weighted by molar-refractivity contribution is 0.0505. The third kappa shape index (κ3) is 2.72. The number of likely N-dealkylation sites (tertiary alicyclic amines) is 1. The van der Waals surface area contributed by atoms with Gasteiger partial charge in [-0.15, -0.1) is 0 Å². The molecule has 3 rings (SSSR count). The Balaban J connectivity index is 1.94. The Hall–Kier alpha value is -0.820. The van der Waals surface area contributed by atoms with E-state index in [1.807, 2.05) is 0 Å². The number of hydrogen-bond acceptors (Lipinski definition) is 1. The summed E-state index contributed by atoms with van der Waals surface area (Å²) in [5, 5.41) is 0. The summed E-state index contributed by atoms with van der Waals surface area (Å²) in [6, 6.07) is 9.87. The first-order valence-corrected chi connectivity index (χ1v) is 7.93. The Morgan fingerprint density at radius 3 is 2.26 bits per heavy atom. The van der Waals surface area contributed by atoms with Crippen LogP contribution in [0.25, 0.3) is 0 Å². The highest BCUT2D eigenvalue weighted by atomic mass is 15.2. The van der Waals surface area contributed by atoms with Crippen LogP contribution in [0.2, 0.25) is 0 Å². The van der Waals surface area contributed by atoms with Crippen molar-refractivity contribution < 1.29 is 0 Å². The molecular formula is C18H27N. The molecule has 1 aliphatic heterocycles. The molecule has 1 nitrogen and oxygen atoms in total. The molecule has 2 fully saturated rings. The Morgan fingerprint density at radius 2 is 1.63 bits per heavy atom. The lowest BCUT2D eigenvalue weighted by atomic mass is 9.87. The standard InChI is InChI=1S/C18H27N/c1-18(2,3)19-13-7-6-10-17(19)16-9-5-4-8-15(16)14-11-12-14/h4-5,8-9,14,17H,6-7,10-13H2,1-3H3. The first-order valence-electron chi connectivity index (χ1n) is 7.93. The number of rotatable bonds is 2. The first-order chi connectivity index (χ1) is 9.07. The molecule has 1 saturated heterocycles. The van der Waals surface area contributed by atoms with Gasteiger partial charge in [0.2, 0.25) is 0 Å². The van der Waals surface area contributed by atoms with Gasteiger partial charge in [0.25, 0.3) is 0 Å². The van der Waals surface area contributed by atoms with Crippen LogP contribution in [0.1, 0.15) is 76.0 Å². The maximum Gasteiger partial charge on any atom is 0.0356 e. The third-order valence-corrected chi connectivity index (χ3v) is 4.74. The summed E-state index contributed by atoms with van der Waals surface area (Å²) in [4.78, 5) is 2.73. The largest absolute Gasteiger partial charge is 0.291 e. The fourth-order valence-corrected chi connectivity index (χ4v) is 3.64. The average molecular weight is 257 g/mol. The van der Waals surface area contributed by atoms with Crippen LogP contribution in [0.3, 0.4) is 0 Å². The molecule has 0 aromatic heterocycles. The summed E-state index contributed by atoms with van der Waals surface area (Å²) in [7, 11) is 0. The van der Waals surface area contributed by atoms with E-state index in [1.54, 1.807) is 11.1 Å². The van der Waals surface area contributed by atoms with Crippen LogP contribution >= 0.6 is 0 Å². The van der Waals surface area contributed by atoms with E-state index < -0.39 is 0 Å². The van der Waals surface area contributed by atoms with E-state index in [0.29, 0.717) is 6.04 Å². The number of nitrogens with zero attached hydrogens (tertiary/aromatic N) is 1. The zero-order valence-electron chi connectivity index (χ0n) is 12.7. The molecule has 0 spiro atoms. The lowest BCUT2D eigenvalue weighted by Gasteiger charge is -2.45. The lowest BCUT2D eigenvalue weighted by Crippen LogP contribution is -2.46. The maximum atomic E-state index is 2.73. The van der Waals surface area contributed by atoms with Gasteiger partial charge in [-0.1, -0.05) is 30.7 Å². The molecule has 0 amide bonds. The molecule has 0 N–H and O–H groups in total. The highest BCUT2D eigenvalue weighted by molar-refractivity contribution is 5.36. The fourth-order valence-electron chi connectivity index (χ4n) is 3.64. The van der Waals surface area contributed by atoms with Gasteiger partial charge in [0.1, 0.15) is 0 Å². The second kappa shape index (κ2) is 4.94. The van der Waals surface area contributed by atoms with Crippen LogP contribution in [0.5, 0.6) is 0 Å². The van der Waals surface area contributed by atoms with E-state index in [2.05, 4.69) is 49.9 Å². The molecule has 104 valence electrons. The SMILES string of the molecule is CC(C)(C)N1CCCCC1c1ccccc1C1CC1. The normalized spacial score (nSPS) is 25.5. The Labute approximate surface area is 118 Å². The summed E-state index contributed by atoms with van der Waals surface area (Å²) < 4.78 is 0. The molecule has 0 radical (unpaired) electrons. The molecule has 1 atom stereocenters. The van der Waals surface area contributed by atoms with Crippen molar-refractivity contribution in [2.24, 2.45) is 0 Å². The Morgan fingerprint density at radius 1 is 0.947 bits per heavy atom. The zero-order valence-corrected chi connectivity index (χ0v) is 12.7. The van der Waals surface area contributed by atoms with Crippen LogP contribution in [-0.2, 0) is 0 Å². The predicted octanol–water partition coefficient (Wildman–Crippen LogP) is 4.89. The van der Waals surface area contributed by atoms with Gasteiger partial charge in [-0.2, -0.15) is 0 Å². The van der Waals surface area contributed by atoms with E-state index in [-0.39, 0.29) is 5.54 Å². The van der Waals surface area contributed by atoms with Crippen LogP contribution in [0.4, 0.5) is 0 Å². The van der Waals surface area contributed by atoms with Crippen molar-refractivity contribution >= 4 is 0 Å². The number of benzene rings is 1. The highest BCUT2D eigenvalue weighted by Crippen LogP contribution is 2.46. The molecule has 2 aliphatic rings. The molecular weight excluding hydrogens is 230 g/mol. The molecule has 1 saturated carbocycles. The quantitative estimate of drug-likeness (QED) is 0.729. The van der Waals surface area contributed by atoms with E-state index in [0.717, 1.165) is 5.92 Å².